The maximum atomic E-state index is 12.1. The van der Waals surface area contributed by atoms with E-state index in [0.29, 0.717) is 5.69 Å². The second-order valence-electron chi connectivity index (χ2n) is 10.6. The summed E-state index contributed by atoms with van der Waals surface area (Å²) in [4.78, 5) is 12.1. The maximum Gasteiger partial charge on any atom is 0.339 e. The Balaban J connectivity index is 1.23. The summed E-state index contributed by atoms with van der Waals surface area (Å²) in [6.45, 7) is 0.747. The first kappa shape index (κ1) is 24.4. The summed E-state index contributed by atoms with van der Waals surface area (Å²) in [6, 6.07) is 16.3. The molecular weight excluding hydrogens is 478 g/mol. The number of hydrogen-bond donors (Lipinski definition) is 1. The molecular formula is C30H33N5O3. The van der Waals surface area contributed by atoms with Crippen molar-refractivity contribution in [3.63, 3.8) is 0 Å². The first-order chi connectivity index (χ1) is 18.6. The average Bonchev–Trinajstić information content (AvgIpc) is 3.38. The Bertz CT molecular complexity index is 1440. The lowest BCUT2D eigenvalue weighted by molar-refractivity contribution is 0.0695. The molecule has 2 aliphatic carbocycles. The van der Waals surface area contributed by atoms with E-state index in [2.05, 4.69) is 39.7 Å². The van der Waals surface area contributed by atoms with Crippen LogP contribution >= 0.6 is 0 Å². The number of aryl methyl sites for hydroxylation is 1. The van der Waals surface area contributed by atoms with Crippen LogP contribution in [0.25, 0.3) is 16.8 Å². The van der Waals surface area contributed by atoms with Gasteiger partial charge in [0.15, 0.2) is 0 Å². The van der Waals surface area contributed by atoms with Gasteiger partial charge in [-0.05, 0) is 54.2 Å². The highest BCUT2D eigenvalue weighted by Gasteiger charge is 2.46. The van der Waals surface area contributed by atoms with Crippen molar-refractivity contribution in [2.45, 2.75) is 56.8 Å². The molecule has 2 aromatic heterocycles. The van der Waals surface area contributed by atoms with Crippen molar-refractivity contribution in [1.29, 1.82) is 0 Å². The van der Waals surface area contributed by atoms with Crippen LogP contribution in [-0.4, -0.2) is 42.5 Å². The van der Waals surface area contributed by atoms with Crippen molar-refractivity contribution in [3.8, 4) is 22.6 Å². The third kappa shape index (κ3) is 5.08. The lowest BCUT2D eigenvalue weighted by atomic mass is 9.87. The Labute approximate surface area is 222 Å². The van der Waals surface area contributed by atoms with E-state index in [9.17, 15) is 9.90 Å². The van der Waals surface area contributed by atoms with Crippen LogP contribution in [0.2, 0.25) is 0 Å². The summed E-state index contributed by atoms with van der Waals surface area (Å²) >= 11 is 0. The molecule has 0 saturated heterocycles. The average molecular weight is 512 g/mol. The molecule has 8 nitrogen and oxygen atoms in total. The molecule has 1 N–H and O–H groups in total. The van der Waals surface area contributed by atoms with Crippen molar-refractivity contribution >= 4 is 5.97 Å². The zero-order valence-corrected chi connectivity index (χ0v) is 21.7. The fourth-order valence-corrected chi connectivity index (χ4v) is 5.85. The Kier molecular flexibility index (Phi) is 6.70. The zero-order chi connectivity index (χ0) is 26.1. The van der Waals surface area contributed by atoms with Gasteiger partial charge in [0.2, 0.25) is 0 Å². The molecule has 0 unspecified atom stereocenters. The van der Waals surface area contributed by atoms with Crippen LogP contribution in [0.4, 0.5) is 0 Å². The summed E-state index contributed by atoms with van der Waals surface area (Å²) in [5.41, 5.74) is 4.75. The maximum absolute atomic E-state index is 12.1. The lowest BCUT2D eigenvalue weighted by Crippen LogP contribution is -2.10. The largest absolute Gasteiger partial charge is 0.494 e. The van der Waals surface area contributed by atoms with Crippen molar-refractivity contribution in [1.82, 2.24) is 24.8 Å². The van der Waals surface area contributed by atoms with Gasteiger partial charge in [-0.2, -0.15) is 5.10 Å². The van der Waals surface area contributed by atoms with Crippen LogP contribution in [0.3, 0.4) is 0 Å². The second-order valence-corrected chi connectivity index (χ2v) is 10.6. The van der Waals surface area contributed by atoms with Gasteiger partial charge in [-0.25, -0.2) is 9.48 Å². The fourth-order valence-electron chi connectivity index (χ4n) is 5.85. The molecule has 0 radical (unpaired) electrons. The first-order valence-corrected chi connectivity index (χ1v) is 13.6. The number of aromatic nitrogens is 5. The fraction of sp³-hybridized carbons (Fsp3) is 0.400. The third-order valence-corrected chi connectivity index (χ3v) is 7.96. The molecule has 0 amide bonds. The normalized spacial score (nSPS) is 19.4. The second kappa shape index (κ2) is 10.4. The van der Waals surface area contributed by atoms with Gasteiger partial charge in [0, 0.05) is 25.1 Å². The smallest absolute Gasteiger partial charge is 0.339 e. The van der Waals surface area contributed by atoms with Crippen molar-refractivity contribution in [3.05, 3.63) is 77.9 Å². The van der Waals surface area contributed by atoms with Gasteiger partial charge in [-0.1, -0.05) is 61.6 Å². The minimum absolute atomic E-state index is 0.0323. The number of carboxylic acids is 1. The topological polar surface area (TPSA) is 95.1 Å². The highest BCUT2D eigenvalue weighted by molar-refractivity contribution is 5.89. The van der Waals surface area contributed by atoms with Gasteiger partial charge in [0.25, 0.3) is 0 Å². The third-order valence-electron chi connectivity index (χ3n) is 7.96. The molecule has 0 bridgehead atoms. The van der Waals surface area contributed by atoms with Gasteiger partial charge >= 0.3 is 5.97 Å². The highest BCUT2D eigenvalue weighted by atomic mass is 16.5. The van der Waals surface area contributed by atoms with Crippen molar-refractivity contribution in [2.24, 2.45) is 13.0 Å². The van der Waals surface area contributed by atoms with Crippen molar-refractivity contribution in [2.75, 3.05) is 6.61 Å². The van der Waals surface area contributed by atoms with E-state index in [4.69, 9.17) is 4.74 Å². The zero-order valence-electron chi connectivity index (χ0n) is 21.7. The van der Waals surface area contributed by atoms with E-state index in [1.54, 1.807) is 9.36 Å². The summed E-state index contributed by atoms with van der Waals surface area (Å²) < 4.78 is 9.59. The van der Waals surface area contributed by atoms with Crippen molar-refractivity contribution < 1.29 is 14.6 Å². The SMILES string of the molecule is Cn1cc([C@@H]2C[C@H]2c2c(C(=O)O)cnn2-c2cccc(-c3cccc(OCCC4CCCCC4)c3)c2)nn1. The highest BCUT2D eigenvalue weighted by Crippen LogP contribution is 2.55. The molecule has 38 heavy (non-hydrogen) atoms. The molecule has 4 aromatic rings. The molecule has 0 spiro atoms. The van der Waals surface area contributed by atoms with Crippen LogP contribution in [0, 0.1) is 5.92 Å². The van der Waals surface area contributed by atoms with E-state index >= 15 is 0 Å². The Morgan fingerprint density at radius 2 is 1.84 bits per heavy atom. The molecule has 2 saturated carbocycles. The van der Waals surface area contributed by atoms with E-state index < -0.39 is 5.97 Å². The quantitative estimate of drug-likeness (QED) is 0.297. The van der Waals surface area contributed by atoms with E-state index in [1.807, 2.05) is 37.5 Å². The molecule has 2 fully saturated rings. The molecule has 2 atom stereocenters. The molecule has 0 aliphatic heterocycles. The molecule has 2 aliphatic rings. The summed E-state index contributed by atoms with van der Waals surface area (Å²) in [7, 11) is 1.84. The predicted octanol–water partition coefficient (Wildman–Crippen LogP) is 5.99. The summed E-state index contributed by atoms with van der Waals surface area (Å²) in [6.07, 6.45) is 12.0. The van der Waals surface area contributed by atoms with Crippen LogP contribution in [0.5, 0.6) is 5.75 Å². The number of hydrogen-bond acceptors (Lipinski definition) is 5. The molecule has 8 heteroatoms. The Morgan fingerprint density at radius 3 is 2.61 bits per heavy atom. The minimum Gasteiger partial charge on any atom is -0.494 e. The monoisotopic (exact) mass is 511 g/mol. The van der Waals surface area contributed by atoms with Crippen LogP contribution < -0.4 is 4.74 Å². The summed E-state index contributed by atoms with van der Waals surface area (Å²) in [5, 5.41) is 22.7. The number of carboxylic acid groups (broad SMARTS) is 1. The molecule has 6 rings (SSSR count). The van der Waals surface area contributed by atoms with Gasteiger partial charge in [0.05, 0.1) is 29.9 Å². The molecule has 2 heterocycles. The predicted molar refractivity (Wildman–Crippen MR) is 144 cm³/mol. The Morgan fingerprint density at radius 1 is 1.05 bits per heavy atom. The van der Waals surface area contributed by atoms with Crippen LogP contribution in [0.1, 0.15) is 78.5 Å². The van der Waals surface area contributed by atoms with Crippen LogP contribution in [0.15, 0.2) is 60.9 Å². The Hall–Kier alpha value is -3.94. The van der Waals surface area contributed by atoms with Gasteiger partial charge in [-0.3, -0.25) is 4.68 Å². The number of ether oxygens (including phenoxy) is 1. The first-order valence-electron chi connectivity index (χ1n) is 13.6. The van der Waals surface area contributed by atoms with Crippen LogP contribution in [-0.2, 0) is 7.05 Å². The van der Waals surface area contributed by atoms with Gasteiger partial charge < -0.3 is 9.84 Å². The van der Waals surface area contributed by atoms with E-state index in [-0.39, 0.29) is 17.4 Å². The van der Waals surface area contributed by atoms with E-state index in [1.165, 1.54) is 38.3 Å². The minimum atomic E-state index is -0.967. The van der Waals surface area contributed by atoms with E-state index in [0.717, 1.165) is 53.6 Å². The van der Waals surface area contributed by atoms with Gasteiger partial charge in [0.1, 0.15) is 11.3 Å². The number of aromatic carboxylic acids is 1. The summed E-state index contributed by atoms with van der Waals surface area (Å²) in [5.74, 6) is 0.877. The molecule has 196 valence electrons. The number of benzene rings is 2. The number of carbonyl (C=O) groups is 1. The molecule has 2 aromatic carbocycles. The number of rotatable bonds is 9. The van der Waals surface area contributed by atoms with Gasteiger partial charge in [-0.15, -0.1) is 5.10 Å². The lowest BCUT2D eigenvalue weighted by Gasteiger charge is -2.21. The number of nitrogens with zero attached hydrogens (tertiary/aromatic N) is 5. The standard InChI is InChI=1S/C30H33N5O3/c1-34-19-28(32-33-34)25-17-26(25)29-27(30(36)37)18-31-35(29)23-11-5-9-21(15-23)22-10-6-12-24(16-22)38-14-13-20-7-3-2-4-8-20/h5-6,9-12,15-16,18-20,25-26H,2-4,7-8,13-14,17H2,1H3,(H,36,37)/t25-,26-/m1/s1.